The molecule has 1 heterocycles. The number of aromatic hydroxyl groups is 1. The highest BCUT2D eigenvalue weighted by Crippen LogP contribution is 2.38. The summed E-state index contributed by atoms with van der Waals surface area (Å²) in [6, 6.07) is 15.1. The monoisotopic (exact) mass is 354 g/mol. The first-order valence-corrected chi connectivity index (χ1v) is 8.87. The van der Waals surface area contributed by atoms with E-state index in [-0.39, 0.29) is 23.8 Å². The quantitative estimate of drug-likeness (QED) is 0.888. The van der Waals surface area contributed by atoms with Gasteiger partial charge in [0.05, 0.1) is 17.2 Å². The standard InChI is InChI=1S/C21H26N2O3/c1-15-8-7-11-17(19(15)25)20(26)23-13-12-21(22(2)3,18(24)14-23)16-9-5-4-6-10-16/h4-11,18,24-25H,12-14H2,1-3H3/t18-,21+/m1/s1. The van der Waals surface area contributed by atoms with Crippen LogP contribution in [0.15, 0.2) is 48.5 Å². The molecule has 1 aliphatic rings. The van der Waals surface area contributed by atoms with Crippen molar-refractivity contribution in [3.63, 3.8) is 0 Å². The second kappa shape index (κ2) is 7.09. The van der Waals surface area contributed by atoms with Gasteiger partial charge in [0.15, 0.2) is 0 Å². The van der Waals surface area contributed by atoms with Crippen LogP contribution in [0.3, 0.4) is 0 Å². The van der Waals surface area contributed by atoms with Crippen molar-refractivity contribution in [2.24, 2.45) is 0 Å². The molecule has 0 aromatic heterocycles. The van der Waals surface area contributed by atoms with Gasteiger partial charge in [-0.2, -0.15) is 0 Å². The Balaban J connectivity index is 1.88. The van der Waals surface area contributed by atoms with E-state index < -0.39 is 11.6 Å². The number of piperidine rings is 1. The van der Waals surface area contributed by atoms with Gasteiger partial charge in [-0.15, -0.1) is 0 Å². The van der Waals surface area contributed by atoms with Gasteiger partial charge >= 0.3 is 0 Å². The summed E-state index contributed by atoms with van der Waals surface area (Å²) in [4.78, 5) is 16.5. The fraction of sp³-hybridized carbons (Fsp3) is 0.381. The molecule has 0 aliphatic carbocycles. The zero-order valence-electron chi connectivity index (χ0n) is 15.5. The fourth-order valence-corrected chi connectivity index (χ4v) is 3.95. The number of benzene rings is 2. The van der Waals surface area contributed by atoms with E-state index in [2.05, 4.69) is 0 Å². The summed E-state index contributed by atoms with van der Waals surface area (Å²) < 4.78 is 0. The van der Waals surface area contributed by atoms with Crippen LogP contribution in [0, 0.1) is 6.92 Å². The molecular weight excluding hydrogens is 328 g/mol. The zero-order chi connectivity index (χ0) is 18.9. The summed E-state index contributed by atoms with van der Waals surface area (Å²) in [6.45, 7) is 2.50. The van der Waals surface area contributed by atoms with Crippen LogP contribution in [0.25, 0.3) is 0 Å². The molecular formula is C21H26N2O3. The van der Waals surface area contributed by atoms with E-state index in [1.54, 1.807) is 30.0 Å². The van der Waals surface area contributed by atoms with Crippen LogP contribution >= 0.6 is 0 Å². The van der Waals surface area contributed by atoms with Gasteiger partial charge in [-0.1, -0.05) is 42.5 Å². The lowest BCUT2D eigenvalue weighted by Gasteiger charge is -2.49. The van der Waals surface area contributed by atoms with Crippen LogP contribution in [-0.2, 0) is 5.54 Å². The molecule has 138 valence electrons. The van der Waals surface area contributed by atoms with Gasteiger partial charge in [0.2, 0.25) is 0 Å². The highest BCUT2D eigenvalue weighted by molar-refractivity contribution is 5.97. The second-order valence-electron chi connectivity index (χ2n) is 7.17. The third-order valence-electron chi connectivity index (χ3n) is 5.53. The van der Waals surface area contributed by atoms with E-state index in [4.69, 9.17) is 0 Å². The van der Waals surface area contributed by atoms with Gasteiger partial charge in [0.1, 0.15) is 5.75 Å². The van der Waals surface area contributed by atoms with E-state index in [0.717, 1.165) is 5.56 Å². The second-order valence-corrected chi connectivity index (χ2v) is 7.17. The highest BCUT2D eigenvalue weighted by atomic mass is 16.3. The van der Waals surface area contributed by atoms with Crippen molar-refractivity contribution in [1.82, 2.24) is 9.80 Å². The Kier molecular flexibility index (Phi) is 5.03. The van der Waals surface area contributed by atoms with Gasteiger partial charge < -0.3 is 15.1 Å². The third-order valence-corrected chi connectivity index (χ3v) is 5.53. The predicted molar refractivity (Wildman–Crippen MR) is 101 cm³/mol. The van der Waals surface area contributed by atoms with E-state index in [0.29, 0.717) is 18.5 Å². The minimum atomic E-state index is -0.732. The molecule has 0 bridgehead atoms. The van der Waals surface area contributed by atoms with Crippen molar-refractivity contribution in [1.29, 1.82) is 0 Å². The van der Waals surface area contributed by atoms with Crippen molar-refractivity contribution in [2.45, 2.75) is 25.0 Å². The molecule has 26 heavy (non-hydrogen) atoms. The Hall–Kier alpha value is -2.37. The first-order chi connectivity index (χ1) is 12.4. The van der Waals surface area contributed by atoms with E-state index >= 15 is 0 Å². The topological polar surface area (TPSA) is 64.0 Å². The Morgan fingerprint density at radius 1 is 1.15 bits per heavy atom. The Morgan fingerprint density at radius 3 is 2.46 bits per heavy atom. The van der Waals surface area contributed by atoms with Crippen molar-refractivity contribution >= 4 is 5.91 Å². The molecule has 3 rings (SSSR count). The summed E-state index contributed by atoms with van der Waals surface area (Å²) in [5, 5.41) is 21.3. The number of aliphatic hydroxyl groups is 1. The van der Waals surface area contributed by atoms with Crippen LogP contribution in [0.5, 0.6) is 5.75 Å². The van der Waals surface area contributed by atoms with Crippen LogP contribution in [0.4, 0.5) is 0 Å². The van der Waals surface area contributed by atoms with E-state index in [1.165, 1.54) is 0 Å². The maximum atomic E-state index is 12.9. The summed E-state index contributed by atoms with van der Waals surface area (Å²) in [5.74, 6) is -0.231. The number of hydrogen-bond acceptors (Lipinski definition) is 4. The number of likely N-dealkylation sites (N-methyl/N-ethyl adjacent to an activating group) is 1. The van der Waals surface area contributed by atoms with Gasteiger partial charge in [0.25, 0.3) is 5.91 Å². The van der Waals surface area contributed by atoms with Crippen LogP contribution < -0.4 is 0 Å². The number of β-amino-alcohol motifs (C(OH)–C–C–N with tert-alkyl or cyclic N) is 1. The molecule has 1 aliphatic heterocycles. The molecule has 2 aromatic carbocycles. The zero-order valence-corrected chi connectivity index (χ0v) is 15.5. The maximum Gasteiger partial charge on any atom is 0.257 e. The lowest BCUT2D eigenvalue weighted by Crippen LogP contribution is -2.60. The number of phenolic OH excluding ortho intramolecular Hbond substituents is 1. The maximum absolute atomic E-state index is 12.9. The van der Waals surface area contributed by atoms with Gasteiger partial charge in [-0.3, -0.25) is 9.69 Å². The molecule has 1 saturated heterocycles. The summed E-state index contributed by atoms with van der Waals surface area (Å²) >= 11 is 0. The number of hydrogen-bond donors (Lipinski definition) is 2. The molecule has 2 atom stereocenters. The molecule has 0 radical (unpaired) electrons. The van der Waals surface area contributed by atoms with E-state index in [1.807, 2.05) is 49.3 Å². The molecule has 5 heteroatoms. The third kappa shape index (κ3) is 2.97. The largest absolute Gasteiger partial charge is 0.507 e. The molecule has 0 spiro atoms. The molecule has 1 amide bonds. The molecule has 2 N–H and O–H groups in total. The van der Waals surface area contributed by atoms with Gasteiger partial charge in [-0.25, -0.2) is 0 Å². The SMILES string of the molecule is Cc1cccc(C(=O)N2CC[C@@](c3ccccc3)(N(C)C)[C@H](O)C2)c1O. The Morgan fingerprint density at radius 2 is 1.85 bits per heavy atom. The first kappa shape index (κ1) is 18.4. The van der Waals surface area contributed by atoms with Crippen molar-refractivity contribution in [2.75, 3.05) is 27.2 Å². The van der Waals surface area contributed by atoms with Crippen molar-refractivity contribution in [3.05, 3.63) is 65.2 Å². The number of carbonyl (C=O) groups excluding carboxylic acids is 1. The summed E-state index contributed by atoms with van der Waals surface area (Å²) in [7, 11) is 3.92. The number of aryl methyl sites for hydroxylation is 1. The average Bonchev–Trinajstić information content (AvgIpc) is 2.64. The number of rotatable bonds is 3. The Bertz CT molecular complexity index is 791. The minimum absolute atomic E-state index is 0.0134. The van der Waals surface area contributed by atoms with E-state index in [9.17, 15) is 15.0 Å². The lowest BCUT2D eigenvalue weighted by molar-refractivity contribution is -0.0612. The number of amides is 1. The van der Waals surface area contributed by atoms with Crippen LogP contribution in [-0.4, -0.2) is 59.2 Å². The summed E-state index contributed by atoms with van der Waals surface area (Å²) in [6.07, 6.45) is -0.117. The van der Waals surface area contributed by atoms with Crippen molar-refractivity contribution in [3.8, 4) is 5.75 Å². The average molecular weight is 354 g/mol. The lowest BCUT2D eigenvalue weighted by atomic mass is 9.77. The molecule has 2 aromatic rings. The molecule has 0 saturated carbocycles. The normalized spacial score (nSPS) is 23.3. The van der Waals surface area contributed by atoms with Crippen LogP contribution in [0.2, 0.25) is 0 Å². The summed E-state index contributed by atoms with van der Waals surface area (Å²) in [5.41, 5.74) is 1.46. The number of likely N-dealkylation sites (tertiary alicyclic amines) is 1. The number of para-hydroxylation sites is 1. The molecule has 5 nitrogen and oxygen atoms in total. The first-order valence-electron chi connectivity index (χ1n) is 8.87. The number of aliphatic hydroxyl groups excluding tert-OH is 1. The molecule has 0 unspecified atom stereocenters. The number of carbonyl (C=O) groups is 1. The molecule has 1 fully saturated rings. The Labute approximate surface area is 154 Å². The number of phenols is 1. The fourth-order valence-electron chi connectivity index (χ4n) is 3.95. The van der Waals surface area contributed by atoms with Crippen LogP contribution in [0.1, 0.15) is 27.9 Å². The van der Waals surface area contributed by atoms with Crippen molar-refractivity contribution < 1.29 is 15.0 Å². The smallest absolute Gasteiger partial charge is 0.257 e. The van der Waals surface area contributed by atoms with Gasteiger partial charge in [-0.05, 0) is 44.6 Å². The minimum Gasteiger partial charge on any atom is -0.507 e. The predicted octanol–water partition coefficient (Wildman–Crippen LogP) is 2.36. The van der Waals surface area contributed by atoms with Gasteiger partial charge in [0, 0.05) is 13.1 Å². The highest BCUT2D eigenvalue weighted by Gasteiger charge is 2.46. The number of nitrogens with zero attached hydrogens (tertiary/aromatic N) is 2.